The van der Waals surface area contributed by atoms with Crippen molar-refractivity contribution in [3.8, 4) is 0 Å². The molecule has 2 aromatic rings. The van der Waals surface area contributed by atoms with Gasteiger partial charge in [0.05, 0.1) is 36.8 Å². The minimum Gasteiger partial charge on any atom is -0.383 e. The van der Waals surface area contributed by atoms with Crippen molar-refractivity contribution in [3.05, 3.63) is 42.5 Å². The Morgan fingerprint density at radius 1 is 1.48 bits per heavy atom. The number of amides is 2. The topological polar surface area (TPSA) is 81.1 Å². The number of pyridine rings is 1. The van der Waals surface area contributed by atoms with Crippen LogP contribution in [0.5, 0.6) is 0 Å². The number of carbonyl (C=O) groups is 1. The summed E-state index contributed by atoms with van der Waals surface area (Å²) in [5.41, 5.74) is 1.44. The summed E-state index contributed by atoms with van der Waals surface area (Å²) in [6, 6.07) is 5.13. The average Bonchev–Trinajstić information content (AvgIpc) is 2.93. The van der Waals surface area contributed by atoms with Crippen LogP contribution in [0.2, 0.25) is 0 Å². The number of rotatable bonds is 6. The summed E-state index contributed by atoms with van der Waals surface area (Å²) in [5, 5.41) is 9.69. The van der Waals surface area contributed by atoms with Crippen molar-refractivity contribution in [3.63, 3.8) is 0 Å². The lowest BCUT2D eigenvalue weighted by molar-refractivity contribution is 0.183. The third-order valence-electron chi connectivity index (χ3n) is 2.89. The summed E-state index contributed by atoms with van der Waals surface area (Å²) in [5.74, 6) is 0. The number of ether oxygens (including phenoxy) is 1. The predicted octanol–water partition coefficient (Wildman–Crippen LogP) is 1.81. The van der Waals surface area contributed by atoms with Crippen LogP contribution >= 0.6 is 0 Å². The highest BCUT2D eigenvalue weighted by molar-refractivity contribution is 5.89. The molecule has 1 atom stereocenters. The van der Waals surface area contributed by atoms with Gasteiger partial charge in [0.2, 0.25) is 0 Å². The molecule has 2 N–H and O–H groups in total. The van der Waals surface area contributed by atoms with Crippen molar-refractivity contribution in [2.75, 3.05) is 19.0 Å². The fourth-order valence-electron chi connectivity index (χ4n) is 1.81. The number of aromatic nitrogens is 3. The molecule has 0 saturated heterocycles. The number of hydrogen-bond donors (Lipinski definition) is 2. The summed E-state index contributed by atoms with van der Waals surface area (Å²) >= 11 is 0. The fraction of sp³-hybridized carbons (Fsp3) is 0.357. The van der Waals surface area contributed by atoms with Crippen molar-refractivity contribution in [1.82, 2.24) is 20.1 Å². The van der Waals surface area contributed by atoms with Gasteiger partial charge in [-0.25, -0.2) is 4.79 Å². The van der Waals surface area contributed by atoms with Gasteiger partial charge in [-0.05, 0) is 19.1 Å². The molecule has 21 heavy (non-hydrogen) atoms. The van der Waals surface area contributed by atoms with Crippen LogP contribution in [0.4, 0.5) is 10.5 Å². The lowest BCUT2D eigenvalue weighted by Gasteiger charge is -2.13. The maximum Gasteiger partial charge on any atom is 0.319 e. The normalized spacial score (nSPS) is 11.9. The van der Waals surface area contributed by atoms with E-state index in [4.69, 9.17) is 4.74 Å². The highest BCUT2D eigenvalue weighted by atomic mass is 16.5. The molecule has 2 aromatic heterocycles. The molecule has 2 heterocycles. The number of nitrogens with one attached hydrogen (secondary N) is 2. The minimum absolute atomic E-state index is 0.172. The molecule has 0 bridgehead atoms. The molecule has 0 aliphatic rings. The van der Waals surface area contributed by atoms with Crippen molar-refractivity contribution in [1.29, 1.82) is 0 Å². The van der Waals surface area contributed by atoms with E-state index < -0.39 is 0 Å². The fourth-order valence-corrected chi connectivity index (χ4v) is 1.81. The van der Waals surface area contributed by atoms with Crippen molar-refractivity contribution < 1.29 is 9.53 Å². The Morgan fingerprint density at radius 2 is 2.33 bits per heavy atom. The Hall–Kier alpha value is -2.41. The van der Waals surface area contributed by atoms with Gasteiger partial charge in [0.15, 0.2) is 0 Å². The molecule has 0 aromatic carbocycles. The minimum atomic E-state index is -0.292. The van der Waals surface area contributed by atoms with E-state index in [0.717, 1.165) is 5.69 Å². The Bertz CT molecular complexity index is 570. The quantitative estimate of drug-likeness (QED) is 0.849. The van der Waals surface area contributed by atoms with Gasteiger partial charge in [0.25, 0.3) is 0 Å². The van der Waals surface area contributed by atoms with Crippen LogP contribution in [0.3, 0.4) is 0 Å². The maximum atomic E-state index is 11.9. The molecule has 0 spiro atoms. The monoisotopic (exact) mass is 289 g/mol. The summed E-state index contributed by atoms with van der Waals surface area (Å²) in [7, 11) is 1.63. The Labute approximate surface area is 123 Å². The lowest BCUT2D eigenvalue weighted by atomic mass is 10.2. The summed E-state index contributed by atoms with van der Waals surface area (Å²) in [6.07, 6.45) is 5.05. The molecule has 2 rings (SSSR count). The number of nitrogens with zero attached hydrogens (tertiary/aromatic N) is 3. The zero-order chi connectivity index (χ0) is 15.1. The van der Waals surface area contributed by atoms with E-state index in [0.29, 0.717) is 18.8 Å². The second-order valence-corrected chi connectivity index (χ2v) is 4.56. The SMILES string of the molecule is COCCn1cc(NC(=O)N[C@H](C)c2ccccn2)cn1. The third kappa shape index (κ3) is 4.57. The van der Waals surface area contributed by atoms with Gasteiger partial charge in [-0.3, -0.25) is 9.67 Å². The number of urea groups is 1. The standard InChI is InChI=1S/C14H19N5O2/c1-11(13-5-3-4-6-15-13)17-14(20)18-12-9-16-19(10-12)7-8-21-2/h3-6,9-11H,7-8H2,1-2H3,(H2,17,18,20)/t11-/m1/s1. The van der Waals surface area contributed by atoms with Gasteiger partial charge in [0.1, 0.15) is 0 Å². The largest absolute Gasteiger partial charge is 0.383 e. The zero-order valence-corrected chi connectivity index (χ0v) is 12.1. The number of anilines is 1. The van der Waals surface area contributed by atoms with E-state index in [2.05, 4.69) is 20.7 Å². The third-order valence-corrected chi connectivity index (χ3v) is 2.89. The molecule has 7 heteroatoms. The van der Waals surface area contributed by atoms with Gasteiger partial charge >= 0.3 is 6.03 Å². The molecule has 2 amide bonds. The van der Waals surface area contributed by atoms with Crippen LogP contribution in [-0.4, -0.2) is 34.5 Å². The number of methoxy groups -OCH3 is 1. The van der Waals surface area contributed by atoms with E-state index in [-0.39, 0.29) is 12.1 Å². The van der Waals surface area contributed by atoms with Crippen LogP contribution in [-0.2, 0) is 11.3 Å². The van der Waals surface area contributed by atoms with Crippen LogP contribution in [0, 0.1) is 0 Å². The van der Waals surface area contributed by atoms with E-state index >= 15 is 0 Å². The number of carbonyl (C=O) groups excluding carboxylic acids is 1. The van der Waals surface area contributed by atoms with E-state index in [1.807, 2.05) is 25.1 Å². The summed E-state index contributed by atoms with van der Waals surface area (Å²) < 4.78 is 6.68. The van der Waals surface area contributed by atoms with Crippen molar-refractivity contribution in [2.45, 2.75) is 19.5 Å². The Morgan fingerprint density at radius 3 is 3.05 bits per heavy atom. The molecule has 7 nitrogen and oxygen atoms in total. The summed E-state index contributed by atoms with van der Waals surface area (Å²) in [6.45, 7) is 3.10. The van der Waals surface area contributed by atoms with E-state index in [1.54, 1.807) is 30.4 Å². The van der Waals surface area contributed by atoms with Gasteiger partial charge in [-0.2, -0.15) is 5.10 Å². The molecule has 0 aliphatic heterocycles. The van der Waals surface area contributed by atoms with Crippen LogP contribution < -0.4 is 10.6 Å². The summed E-state index contributed by atoms with van der Waals surface area (Å²) in [4.78, 5) is 16.1. The first-order valence-corrected chi connectivity index (χ1v) is 6.69. The Balaban J connectivity index is 1.85. The van der Waals surface area contributed by atoms with Crippen molar-refractivity contribution in [2.24, 2.45) is 0 Å². The van der Waals surface area contributed by atoms with E-state index in [9.17, 15) is 4.79 Å². The van der Waals surface area contributed by atoms with Gasteiger partial charge in [0, 0.05) is 19.5 Å². The van der Waals surface area contributed by atoms with Crippen LogP contribution in [0.15, 0.2) is 36.8 Å². The molecule has 0 saturated carbocycles. The second kappa shape index (κ2) is 7.39. The highest BCUT2D eigenvalue weighted by Gasteiger charge is 2.10. The zero-order valence-electron chi connectivity index (χ0n) is 12.1. The second-order valence-electron chi connectivity index (χ2n) is 4.56. The van der Waals surface area contributed by atoms with Gasteiger partial charge < -0.3 is 15.4 Å². The molecule has 0 aliphatic carbocycles. The smallest absolute Gasteiger partial charge is 0.319 e. The predicted molar refractivity (Wildman–Crippen MR) is 78.9 cm³/mol. The first kappa shape index (κ1) is 15.0. The molecule has 0 radical (unpaired) electrons. The molecule has 0 fully saturated rings. The molecular formula is C14H19N5O2. The molecular weight excluding hydrogens is 270 g/mol. The highest BCUT2D eigenvalue weighted by Crippen LogP contribution is 2.09. The van der Waals surface area contributed by atoms with Crippen LogP contribution in [0.1, 0.15) is 18.7 Å². The van der Waals surface area contributed by atoms with Crippen molar-refractivity contribution >= 4 is 11.7 Å². The van der Waals surface area contributed by atoms with E-state index in [1.165, 1.54) is 0 Å². The first-order valence-electron chi connectivity index (χ1n) is 6.69. The van der Waals surface area contributed by atoms with Gasteiger partial charge in [-0.1, -0.05) is 6.07 Å². The number of hydrogen-bond acceptors (Lipinski definition) is 4. The molecule has 112 valence electrons. The molecule has 0 unspecified atom stereocenters. The first-order chi connectivity index (χ1) is 10.2. The lowest BCUT2D eigenvalue weighted by Crippen LogP contribution is -2.31. The van der Waals surface area contributed by atoms with Crippen LogP contribution in [0.25, 0.3) is 0 Å². The Kier molecular flexibility index (Phi) is 5.28. The maximum absolute atomic E-state index is 11.9. The average molecular weight is 289 g/mol. The van der Waals surface area contributed by atoms with Gasteiger partial charge in [-0.15, -0.1) is 0 Å².